The minimum atomic E-state index is -0.635. The minimum Gasteiger partial charge on any atom is -0.367 e. The number of rotatable bonds is 2. The van der Waals surface area contributed by atoms with Crippen LogP contribution in [0.25, 0.3) is 0 Å². The molecule has 2 aliphatic rings. The normalized spacial score (nSPS) is 24.2. The second-order valence-electron chi connectivity index (χ2n) is 7.73. The fourth-order valence-corrected chi connectivity index (χ4v) is 3.60. The number of fused-ring (bicyclic) bond motifs is 1. The van der Waals surface area contributed by atoms with Crippen LogP contribution < -0.4 is 10.6 Å². The van der Waals surface area contributed by atoms with E-state index in [0.717, 1.165) is 5.56 Å². The van der Waals surface area contributed by atoms with Crippen molar-refractivity contribution >= 4 is 17.5 Å². The first kappa shape index (κ1) is 16.9. The molecule has 2 amide bonds. The quantitative estimate of drug-likeness (QED) is 0.874. The molecule has 6 heteroatoms. The van der Waals surface area contributed by atoms with Crippen LogP contribution in [0.3, 0.4) is 0 Å². The van der Waals surface area contributed by atoms with Gasteiger partial charge in [0.05, 0.1) is 22.8 Å². The first-order chi connectivity index (χ1) is 11.1. The van der Waals surface area contributed by atoms with E-state index in [9.17, 15) is 14.0 Å². The molecule has 0 aromatic heterocycles. The summed E-state index contributed by atoms with van der Waals surface area (Å²) in [7, 11) is 0. The Hall–Kier alpha value is -1.95. The molecule has 3 rings (SSSR count). The maximum Gasteiger partial charge on any atom is 0.254 e. The van der Waals surface area contributed by atoms with Crippen LogP contribution in [0.1, 0.15) is 56.5 Å². The van der Waals surface area contributed by atoms with Crippen molar-refractivity contribution in [3.05, 3.63) is 29.1 Å². The van der Waals surface area contributed by atoms with Crippen LogP contribution in [0.4, 0.5) is 10.1 Å². The van der Waals surface area contributed by atoms with Crippen LogP contribution in [0, 0.1) is 5.82 Å². The molecule has 24 heavy (non-hydrogen) atoms. The van der Waals surface area contributed by atoms with E-state index in [1.165, 1.54) is 12.1 Å². The molecule has 0 bridgehead atoms. The highest BCUT2D eigenvalue weighted by Crippen LogP contribution is 2.37. The average Bonchev–Trinajstić information content (AvgIpc) is 2.64. The lowest BCUT2D eigenvalue weighted by Crippen LogP contribution is -2.46. The van der Waals surface area contributed by atoms with E-state index in [2.05, 4.69) is 10.6 Å². The standard InChI is InChI=1S/C18H23FN2O3/c1-17(2)9-14(18(3,4)24-17)21-16(23)11-7-10-5-6-15(22)20-13(10)8-12(11)19/h7-8,14H,5-6,9H2,1-4H3,(H,20,22)(H,21,23). The number of carbonyl (C=O) groups excluding carboxylic acids is 2. The molecule has 1 atom stereocenters. The zero-order valence-corrected chi connectivity index (χ0v) is 14.5. The largest absolute Gasteiger partial charge is 0.367 e. The maximum atomic E-state index is 14.3. The van der Waals surface area contributed by atoms with Gasteiger partial charge in [0.25, 0.3) is 5.91 Å². The predicted molar refractivity (Wildman–Crippen MR) is 88.5 cm³/mol. The van der Waals surface area contributed by atoms with Crippen molar-refractivity contribution < 1.29 is 18.7 Å². The fraction of sp³-hybridized carbons (Fsp3) is 0.556. The fourth-order valence-electron chi connectivity index (χ4n) is 3.60. The lowest BCUT2D eigenvalue weighted by atomic mass is 9.93. The zero-order chi connectivity index (χ0) is 17.7. The Bertz CT molecular complexity index is 712. The number of nitrogens with one attached hydrogen (secondary N) is 2. The Labute approximate surface area is 141 Å². The van der Waals surface area contributed by atoms with E-state index in [1.54, 1.807) is 0 Å². The van der Waals surface area contributed by atoms with E-state index in [0.29, 0.717) is 24.9 Å². The van der Waals surface area contributed by atoms with Gasteiger partial charge in [0.15, 0.2) is 0 Å². The summed E-state index contributed by atoms with van der Waals surface area (Å²) in [6.45, 7) is 7.79. The maximum absolute atomic E-state index is 14.3. The molecule has 2 N–H and O–H groups in total. The van der Waals surface area contributed by atoms with Gasteiger partial charge in [-0.15, -0.1) is 0 Å². The number of carbonyl (C=O) groups is 2. The molecular formula is C18H23FN2O3. The summed E-state index contributed by atoms with van der Waals surface area (Å²) in [5.74, 6) is -1.22. The van der Waals surface area contributed by atoms with Crippen LogP contribution >= 0.6 is 0 Å². The van der Waals surface area contributed by atoms with Crippen LogP contribution in [0.15, 0.2) is 12.1 Å². The van der Waals surface area contributed by atoms with Gasteiger partial charge in [-0.05, 0) is 58.2 Å². The lowest BCUT2D eigenvalue weighted by Gasteiger charge is -2.28. The smallest absolute Gasteiger partial charge is 0.254 e. The van der Waals surface area contributed by atoms with Gasteiger partial charge in [-0.25, -0.2) is 4.39 Å². The van der Waals surface area contributed by atoms with Gasteiger partial charge in [0.1, 0.15) is 5.82 Å². The molecule has 0 spiro atoms. The molecular weight excluding hydrogens is 311 g/mol. The van der Waals surface area contributed by atoms with E-state index >= 15 is 0 Å². The lowest BCUT2D eigenvalue weighted by molar-refractivity contribution is -0.116. The summed E-state index contributed by atoms with van der Waals surface area (Å²) in [4.78, 5) is 24.0. The number of ether oxygens (including phenoxy) is 1. The van der Waals surface area contributed by atoms with Crippen molar-refractivity contribution in [2.45, 2.75) is 64.2 Å². The summed E-state index contributed by atoms with van der Waals surface area (Å²) in [6, 6.07) is 2.56. The van der Waals surface area contributed by atoms with Crippen LogP contribution in [0.2, 0.25) is 0 Å². The third kappa shape index (κ3) is 3.15. The van der Waals surface area contributed by atoms with Gasteiger partial charge in [-0.2, -0.15) is 0 Å². The summed E-state index contributed by atoms with van der Waals surface area (Å²) in [5.41, 5.74) is 0.387. The Kier molecular flexibility index (Phi) is 3.91. The summed E-state index contributed by atoms with van der Waals surface area (Å²) in [5, 5.41) is 5.54. The summed E-state index contributed by atoms with van der Waals surface area (Å²) in [6.07, 6.45) is 1.51. The number of amides is 2. The van der Waals surface area contributed by atoms with Crippen molar-refractivity contribution in [2.75, 3.05) is 5.32 Å². The summed E-state index contributed by atoms with van der Waals surface area (Å²) >= 11 is 0. The van der Waals surface area contributed by atoms with Crippen LogP contribution in [-0.2, 0) is 16.0 Å². The molecule has 5 nitrogen and oxygen atoms in total. The highest BCUT2D eigenvalue weighted by Gasteiger charge is 2.46. The van der Waals surface area contributed by atoms with E-state index < -0.39 is 17.3 Å². The third-order valence-electron chi connectivity index (χ3n) is 4.71. The Morgan fingerprint density at radius 3 is 2.62 bits per heavy atom. The monoisotopic (exact) mass is 334 g/mol. The number of halogens is 1. The number of hydrogen-bond acceptors (Lipinski definition) is 3. The first-order valence-electron chi connectivity index (χ1n) is 8.21. The Balaban J connectivity index is 1.82. The van der Waals surface area contributed by atoms with Gasteiger partial charge in [0.2, 0.25) is 5.91 Å². The molecule has 0 saturated carbocycles. The van der Waals surface area contributed by atoms with Crippen molar-refractivity contribution in [3.8, 4) is 0 Å². The zero-order valence-electron chi connectivity index (χ0n) is 14.5. The van der Waals surface area contributed by atoms with Crippen molar-refractivity contribution in [1.29, 1.82) is 0 Å². The second kappa shape index (κ2) is 5.55. The highest BCUT2D eigenvalue weighted by atomic mass is 19.1. The van der Waals surface area contributed by atoms with Crippen molar-refractivity contribution in [1.82, 2.24) is 5.32 Å². The molecule has 2 aliphatic heterocycles. The topological polar surface area (TPSA) is 67.4 Å². The highest BCUT2D eigenvalue weighted by molar-refractivity contribution is 5.98. The van der Waals surface area contributed by atoms with Gasteiger partial charge in [0, 0.05) is 12.1 Å². The Morgan fingerprint density at radius 1 is 1.29 bits per heavy atom. The van der Waals surface area contributed by atoms with Gasteiger partial charge >= 0.3 is 0 Å². The van der Waals surface area contributed by atoms with Crippen molar-refractivity contribution in [2.24, 2.45) is 0 Å². The molecule has 1 saturated heterocycles. The van der Waals surface area contributed by atoms with E-state index in [1.807, 2.05) is 27.7 Å². The number of hydrogen-bond donors (Lipinski definition) is 2. The number of benzene rings is 1. The van der Waals surface area contributed by atoms with Gasteiger partial charge in [-0.1, -0.05) is 0 Å². The predicted octanol–water partition coefficient (Wildman–Crippen LogP) is 2.79. The van der Waals surface area contributed by atoms with Gasteiger partial charge in [-0.3, -0.25) is 9.59 Å². The van der Waals surface area contributed by atoms with Gasteiger partial charge < -0.3 is 15.4 Å². The van der Waals surface area contributed by atoms with Crippen LogP contribution in [0.5, 0.6) is 0 Å². The average molecular weight is 334 g/mol. The van der Waals surface area contributed by atoms with E-state index in [-0.39, 0.29) is 23.1 Å². The summed E-state index contributed by atoms with van der Waals surface area (Å²) < 4.78 is 20.3. The Morgan fingerprint density at radius 2 is 2.00 bits per heavy atom. The molecule has 0 aliphatic carbocycles. The first-order valence-corrected chi connectivity index (χ1v) is 8.21. The second-order valence-corrected chi connectivity index (χ2v) is 7.73. The molecule has 1 unspecified atom stereocenters. The molecule has 0 radical (unpaired) electrons. The SMILES string of the molecule is CC1(C)CC(NC(=O)c2cc3c(cc2F)NC(=O)CC3)C(C)(C)O1. The molecule has 1 aromatic carbocycles. The minimum absolute atomic E-state index is 0.00500. The van der Waals surface area contributed by atoms with Crippen LogP contribution in [-0.4, -0.2) is 29.1 Å². The molecule has 1 fully saturated rings. The number of aryl methyl sites for hydroxylation is 1. The van der Waals surface area contributed by atoms with Crippen molar-refractivity contribution in [3.63, 3.8) is 0 Å². The molecule has 130 valence electrons. The molecule has 1 aromatic rings. The third-order valence-corrected chi connectivity index (χ3v) is 4.71. The molecule has 2 heterocycles. The number of anilines is 1. The van der Waals surface area contributed by atoms with E-state index in [4.69, 9.17) is 4.74 Å².